The lowest BCUT2D eigenvalue weighted by Gasteiger charge is -2.14. The summed E-state index contributed by atoms with van der Waals surface area (Å²) in [5.74, 6) is -0.594. The van der Waals surface area contributed by atoms with E-state index in [0.29, 0.717) is 16.5 Å². The molecule has 0 unspecified atom stereocenters. The first-order valence-corrected chi connectivity index (χ1v) is 11.0. The number of hydrogen-bond donors (Lipinski definition) is 2. The highest BCUT2D eigenvalue weighted by Gasteiger charge is 2.30. The molecule has 12 heteroatoms. The molecule has 170 valence electrons. The summed E-state index contributed by atoms with van der Waals surface area (Å²) in [5, 5.41) is 14.1. The van der Waals surface area contributed by atoms with Crippen LogP contribution in [0.25, 0.3) is 17.1 Å². The molecule has 34 heavy (non-hydrogen) atoms. The first-order chi connectivity index (χ1) is 16.5. The molecule has 5 rings (SSSR count). The van der Waals surface area contributed by atoms with E-state index in [1.54, 1.807) is 5.38 Å². The van der Waals surface area contributed by atoms with Gasteiger partial charge in [0.05, 0.1) is 11.9 Å². The number of anilines is 1. The molecule has 2 N–H and O–H groups in total. The van der Waals surface area contributed by atoms with E-state index in [2.05, 4.69) is 26.1 Å². The first kappa shape index (κ1) is 21.4. The Labute approximate surface area is 196 Å². The molecule has 0 radical (unpaired) electrons. The van der Waals surface area contributed by atoms with Gasteiger partial charge in [0.15, 0.2) is 11.4 Å². The molecule has 3 heterocycles. The maximum atomic E-state index is 12.3. The first-order valence-electron chi connectivity index (χ1n) is 10.1. The highest BCUT2D eigenvalue weighted by molar-refractivity contribution is 7.13. The van der Waals surface area contributed by atoms with Crippen LogP contribution in [0.4, 0.5) is 10.8 Å². The average molecular weight is 476 g/mol. The number of azo groups is 1. The number of H-pyrrole nitrogens is 1. The van der Waals surface area contributed by atoms with Crippen molar-refractivity contribution in [1.29, 1.82) is 0 Å². The summed E-state index contributed by atoms with van der Waals surface area (Å²) < 4.78 is 6.50. The van der Waals surface area contributed by atoms with Gasteiger partial charge in [0.25, 0.3) is 0 Å². The number of carbonyl (C=O) groups excluding carboxylic acids is 1. The molecule has 0 spiro atoms. The van der Waals surface area contributed by atoms with Crippen LogP contribution in [0, 0.1) is 13.8 Å². The molecule has 1 fully saturated rings. The Morgan fingerprint density at radius 1 is 1.06 bits per heavy atom. The fraction of sp³-hybridized carbons (Fsp3) is 0.0909. The summed E-state index contributed by atoms with van der Waals surface area (Å²) in [6, 6.07) is 15.1. The summed E-state index contributed by atoms with van der Waals surface area (Å²) in [4.78, 5) is 33.7. The van der Waals surface area contributed by atoms with Crippen molar-refractivity contribution in [2.24, 2.45) is 10.2 Å². The molecule has 1 aliphatic rings. The van der Waals surface area contributed by atoms with Crippen LogP contribution in [0.15, 0.2) is 85.4 Å². The Hall–Kier alpha value is -4.42. The number of hydrogen-bond acceptors (Lipinski definition) is 10. The molecule has 11 nitrogen and oxygen atoms in total. The molecule has 0 amide bonds. The SMILES string of the molecule is Cc1ccc(N2NOC(=O)/C2=C\N=Nc2nc(-c3c(=O)o[nH][n+]3-c3ccc(C)cc3)cs2)cc1. The van der Waals surface area contributed by atoms with Gasteiger partial charge in [0.2, 0.25) is 10.8 Å². The van der Waals surface area contributed by atoms with Gasteiger partial charge in [0.1, 0.15) is 0 Å². The molecule has 2 aromatic heterocycles. The minimum absolute atomic E-state index is 0.160. The van der Waals surface area contributed by atoms with Crippen molar-refractivity contribution in [3.05, 3.63) is 87.4 Å². The number of carbonyl (C=O) groups is 1. The third-order valence-corrected chi connectivity index (χ3v) is 5.69. The quantitative estimate of drug-likeness (QED) is 0.257. The number of nitrogens with one attached hydrogen (secondary N) is 2. The number of nitrogens with zero attached hydrogens (tertiary/aromatic N) is 5. The predicted molar refractivity (Wildman–Crippen MR) is 122 cm³/mol. The number of benzene rings is 2. The smallest absolute Gasteiger partial charge is 0.345 e. The zero-order valence-electron chi connectivity index (χ0n) is 18.1. The molecule has 1 aliphatic heterocycles. The van der Waals surface area contributed by atoms with E-state index in [0.717, 1.165) is 16.8 Å². The number of thiazole rings is 1. The second-order valence-corrected chi connectivity index (χ2v) is 8.23. The Bertz CT molecular complexity index is 1470. The Morgan fingerprint density at radius 3 is 2.50 bits per heavy atom. The van der Waals surface area contributed by atoms with Crippen LogP contribution in [0.2, 0.25) is 0 Å². The molecular weight excluding hydrogens is 458 g/mol. The van der Waals surface area contributed by atoms with E-state index in [1.165, 1.54) is 27.2 Å². The number of aromatic nitrogens is 3. The molecular formula is C22H18N7O4S+. The lowest BCUT2D eigenvalue weighted by atomic mass is 10.2. The molecule has 0 atom stereocenters. The van der Waals surface area contributed by atoms with Gasteiger partial charge in [-0.1, -0.05) is 41.0 Å². The molecule has 0 bridgehead atoms. The van der Waals surface area contributed by atoms with Gasteiger partial charge in [0, 0.05) is 17.5 Å². The third kappa shape index (κ3) is 4.14. The topological polar surface area (TPSA) is 129 Å². The van der Waals surface area contributed by atoms with Crippen LogP contribution in [0.5, 0.6) is 0 Å². The Morgan fingerprint density at radius 2 is 1.76 bits per heavy atom. The van der Waals surface area contributed by atoms with Crippen LogP contribution < -0.4 is 20.9 Å². The van der Waals surface area contributed by atoms with Gasteiger partial charge in [-0.15, -0.1) is 16.5 Å². The minimum atomic E-state index is -0.594. The van der Waals surface area contributed by atoms with Crippen LogP contribution in [-0.4, -0.2) is 16.2 Å². The van der Waals surface area contributed by atoms with Crippen molar-refractivity contribution in [3.63, 3.8) is 0 Å². The second kappa shape index (κ2) is 8.84. The van der Waals surface area contributed by atoms with Crippen molar-refractivity contribution >= 4 is 28.1 Å². The van der Waals surface area contributed by atoms with Gasteiger partial charge in [-0.3, -0.25) is 4.52 Å². The molecule has 0 saturated carbocycles. The second-order valence-electron chi connectivity index (χ2n) is 7.40. The van der Waals surface area contributed by atoms with E-state index in [1.807, 2.05) is 62.4 Å². The minimum Gasteiger partial charge on any atom is -0.345 e. The van der Waals surface area contributed by atoms with Crippen LogP contribution in [-0.2, 0) is 9.63 Å². The summed E-state index contributed by atoms with van der Waals surface area (Å²) in [6.45, 7) is 3.94. The van der Waals surface area contributed by atoms with E-state index < -0.39 is 11.6 Å². The van der Waals surface area contributed by atoms with Gasteiger partial charge >= 0.3 is 17.3 Å². The highest BCUT2D eigenvalue weighted by Crippen LogP contribution is 2.26. The number of aryl methyl sites for hydroxylation is 2. The van der Waals surface area contributed by atoms with Crippen molar-refractivity contribution < 1.29 is 18.8 Å². The monoisotopic (exact) mass is 476 g/mol. The normalized spacial score (nSPS) is 14.9. The number of aromatic amines is 1. The van der Waals surface area contributed by atoms with Crippen LogP contribution in [0.3, 0.4) is 0 Å². The summed E-state index contributed by atoms with van der Waals surface area (Å²) in [6.07, 6.45) is 1.28. The lowest BCUT2D eigenvalue weighted by Crippen LogP contribution is -2.36. The standard InChI is InChI=1S/C22H17N7O4S/c1-13-3-7-15(8-4-13)28-18(20(30)32-26-28)11-23-25-22-24-17(12-34-22)19-21(31)33-27-29(19)16-9-5-14(2)6-10-16/h3-12,26H,1-2H3/p+1/b18-11+,25-23?. The zero-order chi connectivity index (χ0) is 23.7. The van der Waals surface area contributed by atoms with Gasteiger partial charge in [-0.25, -0.2) is 19.6 Å². The average Bonchev–Trinajstić information content (AvgIpc) is 3.54. The van der Waals surface area contributed by atoms with Crippen molar-refractivity contribution in [1.82, 2.24) is 15.8 Å². The maximum Gasteiger partial charge on any atom is 0.437 e. The van der Waals surface area contributed by atoms with E-state index in [4.69, 9.17) is 9.36 Å². The van der Waals surface area contributed by atoms with Gasteiger partial charge < -0.3 is 4.84 Å². The fourth-order valence-electron chi connectivity index (χ4n) is 3.19. The van der Waals surface area contributed by atoms with E-state index in [-0.39, 0.29) is 11.4 Å². The van der Waals surface area contributed by atoms with Gasteiger partial charge in [-0.2, -0.15) is 5.11 Å². The van der Waals surface area contributed by atoms with Crippen molar-refractivity contribution in [2.45, 2.75) is 13.8 Å². The number of hydrazine groups is 1. The summed E-state index contributed by atoms with van der Waals surface area (Å²) >= 11 is 1.19. The molecule has 4 aromatic rings. The van der Waals surface area contributed by atoms with E-state index >= 15 is 0 Å². The van der Waals surface area contributed by atoms with Gasteiger partial charge in [-0.05, 0) is 35.9 Å². The highest BCUT2D eigenvalue weighted by atomic mass is 32.1. The zero-order valence-corrected chi connectivity index (χ0v) is 18.9. The summed E-state index contributed by atoms with van der Waals surface area (Å²) in [7, 11) is 0. The lowest BCUT2D eigenvalue weighted by molar-refractivity contribution is -0.660. The van der Waals surface area contributed by atoms with Crippen molar-refractivity contribution in [3.8, 4) is 17.1 Å². The van der Waals surface area contributed by atoms with E-state index in [9.17, 15) is 9.59 Å². The van der Waals surface area contributed by atoms with Crippen LogP contribution >= 0.6 is 11.3 Å². The maximum absolute atomic E-state index is 12.3. The molecule has 1 saturated heterocycles. The number of rotatable bonds is 5. The fourth-order valence-corrected chi connectivity index (χ4v) is 3.82. The largest absolute Gasteiger partial charge is 0.437 e. The summed E-state index contributed by atoms with van der Waals surface area (Å²) in [5.41, 5.74) is 6.34. The Kier molecular flexibility index (Phi) is 5.57. The molecule has 2 aromatic carbocycles. The molecule has 0 aliphatic carbocycles. The predicted octanol–water partition coefficient (Wildman–Crippen LogP) is 3.39. The van der Waals surface area contributed by atoms with Crippen molar-refractivity contribution in [2.75, 3.05) is 5.01 Å². The third-order valence-electron chi connectivity index (χ3n) is 4.97. The van der Waals surface area contributed by atoms with Crippen LogP contribution in [0.1, 0.15) is 11.1 Å². The Balaban J connectivity index is 1.39.